The molecular weight excluding hydrogens is 517 g/mol. The second-order valence-electron chi connectivity index (χ2n) is 12.1. The van der Waals surface area contributed by atoms with E-state index < -0.39 is 18.3 Å². The number of aromatic nitrogens is 3. The van der Waals surface area contributed by atoms with E-state index in [1.54, 1.807) is 0 Å². The van der Waals surface area contributed by atoms with Crippen LogP contribution in [0.2, 0.25) is 0 Å². The summed E-state index contributed by atoms with van der Waals surface area (Å²) < 4.78 is 15.4. The monoisotopic (exact) mass is 547 g/mol. The van der Waals surface area contributed by atoms with E-state index >= 15 is 0 Å². The minimum Gasteiger partial charge on any atom is -0.399 e. The van der Waals surface area contributed by atoms with E-state index in [9.17, 15) is 0 Å². The quantitative estimate of drug-likeness (QED) is 0.212. The molecule has 1 saturated heterocycles. The maximum atomic E-state index is 6.58. The van der Waals surface area contributed by atoms with Crippen LogP contribution < -0.4 is 5.46 Å². The Morgan fingerprint density at radius 2 is 1.31 bits per heavy atom. The highest BCUT2D eigenvalue weighted by Gasteiger charge is 2.52. The average molecular weight is 547 g/mol. The molecular formula is C36H30BN3O2. The van der Waals surface area contributed by atoms with Crippen molar-refractivity contribution in [2.24, 2.45) is 0 Å². The smallest absolute Gasteiger partial charge is 0.399 e. The molecule has 6 heteroatoms. The third-order valence-electron chi connectivity index (χ3n) is 9.05. The Labute approximate surface area is 244 Å². The number of fused-ring (bicyclic) bond motifs is 6. The van der Waals surface area contributed by atoms with Crippen LogP contribution in [0, 0.1) is 0 Å². The van der Waals surface area contributed by atoms with Crippen LogP contribution in [0.5, 0.6) is 0 Å². The largest absolute Gasteiger partial charge is 0.495 e. The predicted octanol–water partition coefficient (Wildman–Crippen LogP) is 7.85. The fraction of sp³-hybridized carbons (Fsp3) is 0.167. The molecule has 1 aliphatic rings. The molecule has 204 valence electrons. The topological polar surface area (TPSA) is 49.2 Å². The fourth-order valence-electron chi connectivity index (χ4n) is 6.21. The Hall–Kier alpha value is -4.52. The third kappa shape index (κ3) is 3.65. The Balaban J connectivity index is 1.49. The molecule has 3 heterocycles. The molecule has 1 aliphatic heterocycles. The maximum absolute atomic E-state index is 6.58. The van der Waals surface area contributed by atoms with Crippen molar-refractivity contribution in [3.8, 4) is 17.2 Å². The molecule has 2 aromatic heterocycles. The number of hydrogen-bond donors (Lipinski definition) is 0. The molecule has 7 aromatic rings. The van der Waals surface area contributed by atoms with Crippen LogP contribution in [-0.2, 0) is 9.31 Å². The summed E-state index contributed by atoms with van der Waals surface area (Å²) in [6, 6.07) is 37.9. The van der Waals surface area contributed by atoms with Crippen LogP contribution in [-0.4, -0.2) is 32.9 Å². The van der Waals surface area contributed by atoms with Gasteiger partial charge >= 0.3 is 7.12 Å². The molecule has 1 fully saturated rings. The standard InChI is InChI=1S/C36H30BN3O2/c1-35(2)36(3,4)42-37(41-35)28-18-12-20-30-31(28)27-22-21-23-13-8-9-16-25(23)33(27)40(30)34-38-29-19-11-10-17-26(29)32(39-34)24-14-6-5-7-15-24/h5-22H,1-4H3. The Morgan fingerprint density at radius 3 is 2.10 bits per heavy atom. The van der Waals surface area contributed by atoms with Crippen LogP contribution in [0.1, 0.15) is 27.7 Å². The van der Waals surface area contributed by atoms with Gasteiger partial charge in [-0.25, -0.2) is 9.97 Å². The number of benzene rings is 5. The van der Waals surface area contributed by atoms with Crippen LogP contribution in [0.25, 0.3) is 60.7 Å². The predicted molar refractivity (Wildman–Crippen MR) is 173 cm³/mol. The van der Waals surface area contributed by atoms with Crippen molar-refractivity contribution >= 4 is 56.1 Å². The van der Waals surface area contributed by atoms with Crippen LogP contribution >= 0.6 is 0 Å². The number of nitrogens with zero attached hydrogens (tertiary/aromatic N) is 3. The van der Waals surface area contributed by atoms with Gasteiger partial charge in [0.15, 0.2) is 0 Å². The summed E-state index contributed by atoms with van der Waals surface area (Å²) in [5.74, 6) is 0.634. The van der Waals surface area contributed by atoms with E-state index in [0.717, 1.165) is 60.2 Å². The number of rotatable bonds is 3. The third-order valence-corrected chi connectivity index (χ3v) is 9.05. The first-order chi connectivity index (χ1) is 20.3. The van der Waals surface area contributed by atoms with Gasteiger partial charge < -0.3 is 9.31 Å². The van der Waals surface area contributed by atoms with E-state index in [1.165, 1.54) is 0 Å². The minimum atomic E-state index is -0.498. The van der Waals surface area contributed by atoms with Gasteiger partial charge in [-0.05, 0) is 50.7 Å². The van der Waals surface area contributed by atoms with Crippen LogP contribution in [0.15, 0.2) is 109 Å². The molecule has 0 N–H and O–H groups in total. The lowest BCUT2D eigenvalue weighted by molar-refractivity contribution is 0.00578. The van der Waals surface area contributed by atoms with Crippen molar-refractivity contribution in [3.63, 3.8) is 0 Å². The zero-order valence-electron chi connectivity index (χ0n) is 24.1. The Morgan fingerprint density at radius 1 is 0.619 bits per heavy atom. The van der Waals surface area contributed by atoms with Gasteiger partial charge in [0.1, 0.15) is 0 Å². The normalized spacial score (nSPS) is 16.2. The van der Waals surface area contributed by atoms with Crippen molar-refractivity contribution in [2.75, 3.05) is 0 Å². The van der Waals surface area contributed by atoms with Gasteiger partial charge in [0.2, 0.25) is 5.95 Å². The summed E-state index contributed by atoms with van der Waals surface area (Å²) in [5.41, 5.74) is 5.07. The number of para-hydroxylation sites is 1. The first-order valence-corrected chi connectivity index (χ1v) is 14.5. The van der Waals surface area contributed by atoms with Crippen LogP contribution in [0.3, 0.4) is 0 Å². The molecule has 5 aromatic carbocycles. The summed E-state index contributed by atoms with van der Waals surface area (Å²) in [4.78, 5) is 10.5. The summed E-state index contributed by atoms with van der Waals surface area (Å²) in [5, 5.41) is 5.54. The van der Waals surface area contributed by atoms with Crippen molar-refractivity contribution in [1.29, 1.82) is 0 Å². The molecule has 0 amide bonds. The summed E-state index contributed by atoms with van der Waals surface area (Å²) in [7, 11) is -0.498. The van der Waals surface area contributed by atoms with Crippen molar-refractivity contribution in [1.82, 2.24) is 14.5 Å². The summed E-state index contributed by atoms with van der Waals surface area (Å²) in [6.07, 6.45) is 0. The van der Waals surface area contributed by atoms with E-state index in [2.05, 4.69) is 123 Å². The van der Waals surface area contributed by atoms with Gasteiger partial charge in [-0.15, -0.1) is 0 Å². The Bertz CT molecular complexity index is 2150. The zero-order chi connectivity index (χ0) is 28.6. The van der Waals surface area contributed by atoms with Crippen LogP contribution in [0.4, 0.5) is 0 Å². The van der Waals surface area contributed by atoms with Crippen molar-refractivity contribution in [2.45, 2.75) is 38.9 Å². The zero-order valence-corrected chi connectivity index (χ0v) is 24.1. The van der Waals surface area contributed by atoms with E-state index in [0.29, 0.717) is 5.95 Å². The van der Waals surface area contributed by atoms with Gasteiger partial charge in [-0.3, -0.25) is 4.57 Å². The molecule has 5 nitrogen and oxygen atoms in total. The first kappa shape index (κ1) is 25.2. The van der Waals surface area contributed by atoms with E-state index in [4.69, 9.17) is 19.3 Å². The highest BCUT2D eigenvalue weighted by molar-refractivity contribution is 6.66. The van der Waals surface area contributed by atoms with E-state index in [1.807, 2.05) is 18.2 Å². The summed E-state index contributed by atoms with van der Waals surface area (Å²) >= 11 is 0. The second kappa shape index (κ2) is 8.99. The number of hydrogen-bond acceptors (Lipinski definition) is 4. The SMILES string of the molecule is CC1(C)OB(c2cccc3c2c2ccc4ccccc4c2n3-c2nc(-c3ccccc3)c3ccccc3n2)OC1(C)C. The lowest BCUT2D eigenvalue weighted by Gasteiger charge is -2.32. The molecule has 0 atom stereocenters. The van der Waals surface area contributed by atoms with Gasteiger partial charge in [0.05, 0.1) is 33.4 Å². The molecule has 0 bridgehead atoms. The summed E-state index contributed by atoms with van der Waals surface area (Å²) in [6.45, 7) is 8.38. The van der Waals surface area contributed by atoms with Gasteiger partial charge in [0.25, 0.3) is 0 Å². The lowest BCUT2D eigenvalue weighted by Crippen LogP contribution is -2.41. The second-order valence-corrected chi connectivity index (χ2v) is 12.1. The molecule has 0 unspecified atom stereocenters. The maximum Gasteiger partial charge on any atom is 0.495 e. The fourth-order valence-corrected chi connectivity index (χ4v) is 6.21. The molecule has 0 spiro atoms. The lowest BCUT2D eigenvalue weighted by atomic mass is 9.76. The Kier molecular flexibility index (Phi) is 5.40. The molecule has 0 aliphatic carbocycles. The van der Waals surface area contributed by atoms with Gasteiger partial charge in [-0.2, -0.15) is 0 Å². The highest BCUT2D eigenvalue weighted by Crippen LogP contribution is 2.40. The average Bonchev–Trinajstić information content (AvgIpc) is 3.46. The van der Waals surface area contributed by atoms with E-state index in [-0.39, 0.29) is 0 Å². The van der Waals surface area contributed by atoms with Crippen molar-refractivity contribution in [3.05, 3.63) is 109 Å². The molecule has 42 heavy (non-hydrogen) atoms. The molecule has 0 radical (unpaired) electrons. The van der Waals surface area contributed by atoms with Gasteiger partial charge in [-0.1, -0.05) is 97.1 Å². The van der Waals surface area contributed by atoms with Crippen molar-refractivity contribution < 1.29 is 9.31 Å². The first-order valence-electron chi connectivity index (χ1n) is 14.5. The molecule has 8 rings (SSSR count). The molecule has 0 saturated carbocycles. The highest BCUT2D eigenvalue weighted by atomic mass is 16.7. The minimum absolute atomic E-state index is 0.447. The van der Waals surface area contributed by atoms with Gasteiger partial charge in [0, 0.05) is 27.1 Å².